The molecule has 5 rings (SSSR count). The van der Waals surface area contributed by atoms with Gasteiger partial charge >= 0.3 is 5.69 Å². The summed E-state index contributed by atoms with van der Waals surface area (Å²) in [5.74, 6) is 1.95. The highest BCUT2D eigenvalue weighted by atomic mass is 32.2. The molecule has 3 heterocycles. The van der Waals surface area contributed by atoms with Crippen molar-refractivity contribution in [3.05, 3.63) is 58.8 Å². The normalized spacial score (nSPS) is 15.2. The van der Waals surface area contributed by atoms with Gasteiger partial charge in [-0.1, -0.05) is 23.9 Å². The van der Waals surface area contributed by atoms with Crippen LogP contribution in [0.1, 0.15) is 11.9 Å². The largest absolute Gasteiger partial charge is 0.485 e. The Morgan fingerprint density at radius 3 is 2.87 bits per heavy atom. The molecule has 1 aliphatic heterocycles. The van der Waals surface area contributed by atoms with Crippen molar-refractivity contribution in [1.82, 2.24) is 24.7 Å². The van der Waals surface area contributed by atoms with E-state index in [2.05, 4.69) is 25.5 Å². The van der Waals surface area contributed by atoms with Gasteiger partial charge in [0.1, 0.15) is 6.61 Å². The number of para-hydroxylation sites is 2. The van der Waals surface area contributed by atoms with E-state index in [0.717, 1.165) is 0 Å². The smallest absolute Gasteiger partial charge is 0.323 e. The van der Waals surface area contributed by atoms with Crippen molar-refractivity contribution in [2.75, 3.05) is 17.7 Å². The summed E-state index contributed by atoms with van der Waals surface area (Å²) >= 11 is 1.27. The van der Waals surface area contributed by atoms with Crippen LogP contribution in [-0.4, -0.2) is 43.0 Å². The van der Waals surface area contributed by atoms with E-state index in [1.807, 2.05) is 31.3 Å². The van der Waals surface area contributed by atoms with Crippen molar-refractivity contribution in [3.63, 3.8) is 0 Å². The summed E-state index contributed by atoms with van der Waals surface area (Å²) in [6, 6.07) is 12.6. The molecule has 0 fully saturated rings. The lowest BCUT2D eigenvalue weighted by Crippen LogP contribution is -2.24. The summed E-state index contributed by atoms with van der Waals surface area (Å²) in [5, 5.41) is 11.8. The lowest BCUT2D eigenvalue weighted by atomic mass is 10.2. The van der Waals surface area contributed by atoms with Crippen LogP contribution in [0.15, 0.2) is 52.4 Å². The van der Waals surface area contributed by atoms with Crippen LogP contribution in [0, 0.1) is 0 Å². The fourth-order valence-electron chi connectivity index (χ4n) is 3.32. The van der Waals surface area contributed by atoms with E-state index in [1.165, 1.54) is 11.8 Å². The number of anilines is 1. The van der Waals surface area contributed by atoms with Gasteiger partial charge in [0.2, 0.25) is 5.91 Å². The van der Waals surface area contributed by atoms with Gasteiger partial charge in [0.25, 0.3) is 0 Å². The number of fused-ring (bicyclic) bond motifs is 2. The van der Waals surface area contributed by atoms with Crippen molar-refractivity contribution in [3.8, 4) is 11.5 Å². The zero-order chi connectivity index (χ0) is 21.4. The van der Waals surface area contributed by atoms with Gasteiger partial charge in [-0.15, -0.1) is 10.2 Å². The maximum absolute atomic E-state index is 12.4. The summed E-state index contributed by atoms with van der Waals surface area (Å²) in [7, 11) is 1.83. The summed E-state index contributed by atoms with van der Waals surface area (Å²) in [6.45, 7) is 0.331. The summed E-state index contributed by atoms with van der Waals surface area (Å²) < 4.78 is 13.5. The minimum atomic E-state index is -0.384. The highest BCUT2D eigenvalue weighted by Gasteiger charge is 2.27. The molecule has 0 radical (unpaired) electrons. The number of aromatic nitrogens is 5. The van der Waals surface area contributed by atoms with Crippen molar-refractivity contribution in [2.24, 2.45) is 7.05 Å². The maximum Gasteiger partial charge on any atom is 0.323 e. The van der Waals surface area contributed by atoms with Gasteiger partial charge in [-0.3, -0.25) is 4.79 Å². The Morgan fingerprint density at radius 1 is 1.19 bits per heavy atom. The first-order valence-corrected chi connectivity index (χ1v) is 10.5. The number of nitrogens with one attached hydrogen (secondary N) is 3. The molecule has 31 heavy (non-hydrogen) atoms. The molecule has 10 nitrogen and oxygen atoms in total. The Balaban J connectivity index is 1.22. The number of benzene rings is 2. The molecular weight excluding hydrogens is 420 g/mol. The Hall–Kier alpha value is -3.73. The summed E-state index contributed by atoms with van der Waals surface area (Å²) in [4.78, 5) is 29.1. The van der Waals surface area contributed by atoms with Crippen molar-refractivity contribution in [1.29, 1.82) is 0 Å². The Kier molecular flexibility index (Phi) is 4.86. The molecule has 0 saturated heterocycles. The first-order chi connectivity index (χ1) is 15.1. The lowest BCUT2D eigenvalue weighted by Gasteiger charge is -2.25. The van der Waals surface area contributed by atoms with Crippen LogP contribution >= 0.6 is 11.8 Å². The van der Waals surface area contributed by atoms with E-state index >= 15 is 0 Å². The van der Waals surface area contributed by atoms with Crippen LogP contribution in [0.3, 0.4) is 0 Å². The van der Waals surface area contributed by atoms with Crippen molar-refractivity contribution >= 4 is 34.4 Å². The van der Waals surface area contributed by atoms with Crippen molar-refractivity contribution < 1.29 is 14.3 Å². The lowest BCUT2D eigenvalue weighted by molar-refractivity contribution is -0.113. The monoisotopic (exact) mass is 438 g/mol. The van der Waals surface area contributed by atoms with Gasteiger partial charge in [0.15, 0.2) is 28.6 Å². The molecule has 158 valence electrons. The van der Waals surface area contributed by atoms with Gasteiger partial charge < -0.3 is 29.3 Å². The molecule has 2 aromatic heterocycles. The van der Waals surface area contributed by atoms with E-state index in [1.54, 1.807) is 22.8 Å². The molecule has 4 aromatic rings. The van der Waals surface area contributed by atoms with Crippen molar-refractivity contribution in [2.45, 2.75) is 11.3 Å². The number of carbonyl (C=O) groups excluding carboxylic acids is 1. The molecule has 0 saturated carbocycles. The first-order valence-electron chi connectivity index (χ1n) is 9.49. The quantitative estimate of drug-likeness (QED) is 0.408. The zero-order valence-electron chi connectivity index (χ0n) is 16.4. The number of ether oxygens (including phenoxy) is 2. The Labute approximate surface area is 180 Å². The third-order valence-corrected chi connectivity index (χ3v) is 5.82. The van der Waals surface area contributed by atoms with E-state index in [0.29, 0.717) is 45.8 Å². The predicted octanol–water partition coefficient (Wildman–Crippen LogP) is 2.23. The van der Waals surface area contributed by atoms with E-state index in [-0.39, 0.29) is 23.5 Å². The van der Waals surface area contributed by atoms with Crippen LogP contribution < -0.4 is 20.5 Å². The SMILES string of the molecule is Cn1c(SCC(=O)Nc2ccc3[nH]c(=O)[nH]c3c2)nnc1[C@@H]1COc2ccccc2O1. The van der Waals surface area contributed by atoms with Crippen LogP contribution in [-0.2, 0) is 11.8 Å². The molecule has 11 heteroatoms. The molecule has 0 aliphatic carbocycles. The Bertz CT molecular complexity index is 1330. The maximum atomic E-state index is 12.4. The van der Waals surface area contributed by atoms with Gasteiger partial charge in [0.05, 0.1) is 16.8 Å². The number of hydrogen-bond acceptors (Lipinski definition) is 7. The number of imidazole rings is 1. The number of rotatable bonds is 5. The van der Waals surface area contributed by atoms with Crippen LogP contribution in [0.25, 0.3) is 11.0 Å². The molecule has 1 amide bonds. The number of nitrogens with zero attached hydrogens (tertiary/aromatic N) is 3. The summed E-state index contributed by atoms with van der Waals surface area (Å²) in [5.41, 5.74) is 1.62. The fourth-order valence-corrected chi connectivity index (χ4v) is 4.03. The zero-order valence-corrected chi connectivity index (χ0v) is 17.2. The van der Waals surface area contributed by atoms with E-state index in [4.69, 9.17) is 9.47 Å². The number of aromatic amines is 2. The number of thioether (sulfide) groups is 1. The number of carbonyl (C=O) groups is 1. The van der Waals surface area contributed by atoms with Gasteiger partial charge in [-0.2, -0.15) is 0 Å². The standard InChI is InChI=1S/C20H18N6O4S/c1-26-18(16-9-29-14-4-2-3-5-15(14)30-16)24-25-20(26)31-10-17(27)21-11-6-7-12-13(8-11)23-19(28)22-12/h2-8,16H,9-10H2,1H3,(H,21,27)(H2,22,23,28)/t16-/m0/s1. The van der Waals surface area contributed by atoms with E-state index in [9.17, 15) is 9.59 Å². The number of hydrogen-bond donors (Lipinski definition) is 3. The average Bonchev–Trinajstić information content (AvgIpc) is 3.32. The topological polar surface area (TPSA) is 127 Å². The molecule has 0 bridgehead atoms. The highest BCUT2D eigenvalue weighted by molar-refractivity contribution is 7.99. The third kappa shape index (κ3) is 3.87. The van der Waals surface area contributed by atoms with E-state index < -0.39 is 0 Å². The van der Waals surface area contributed by atoms with Crippen LogP contribution in [0.2, 0.25) is 0 Å². The fraction of sp³-hybridized carbons (Fsp3) is 0.200. The van der Waals surface area contributed by atoms with Gasteiger partial charge in [-0.05, 0) is 30.3 Å². The molecule has 1 atom stereocenters. The average molecular weight is 438 g/mol. The second kappa shape index (κ2) is 7.84. The van der Waals surface area contributed by atoms with Crippen LogP contribution in [0.4, 0.5) is 5.69 Å². The van der Waals surface area contributed by atoms with Crippen LogP contribution in [0.5, 0.6) is 11.5 Å². The predicted molar refractivity (Wildman–Crippen MR) is 115 cm³/mol. The highest BCUT2D eigenvalue weighted by Crippen LogP contribution is 2.35. The first kappa shape index (κ1) is 19.2. The van der Waals surface area contributed by atoms with Gasteiger partial charge in [-0.25, -0.2) is 4.79 Å². The number of amides is 1. The second-order valence-corrected chi connectivity index (χ2v) is 7.88. The molecule has 0 spiro atoms. The molecule has 3 N–H and O–H groups in total. The summed E-state index contributed by atoms with van der Waals surface area (Å²) in [6.07, 6.45) is -0.384. The molecule has 0 unspecified atom stereocenters. The third-order valence-electron chi connectivity index (χ3n) is 4.80. The minimum absolute atomic E-state index is 0.151. The minimum Gasteiger partial charge on any atom is -0.485 e. The number of H-pyrrole nitrogens is 2. The molecular formula is C20H18N6O4S. The second-order valence-electron chi connectivity index (χ2n) is 6.94. The van der Waals surface area contributed by atoms with Gasteiger partial charge in [0, 0.05) is 12.7 Å². The molecule has 2 aromatic carbocycles. The Morgan fingerprint density at radius 2 is 2.00 bits per heavy atom. The molecule has 1 aliphatic rings.